The van der Waals surface area contributed by atoms with Gasteiger partial charge < -0.3 is 9.88 Å². The lowest BCUT2D eigenvalue weighted by Crippen LogP contribution is -2.27. The number of nitrogens with zero attached hydrogens (tertiary/aromatic N) is 1. The van der Waals surface area contributed by atoms with Crippen LogP contribution in [-0.2, 0) is 11.2 Å². The van der Waals surface area contributed by atoms with Gasteiger partial charge in [0.1, 0.15) is 5.69 Å². The Morgan fingerprint density at radius 1 is 1.60 bits per heavy atom. The van der Waals surface area contributed by atoms with Gasteiger partial charge in [-0.2, -0.15) is 0 Å². The predicted octanol–water partition coefficient (Wildman–Crippen LogP) is 0.966. The van der Waals surface area contributed by atoms with Gasteiger partial charge in [0.25, 0.3) is 5.56 Å². The van der Waals surface area contributed by atoms with E-state index in [0.29, 0.717) is 5.69 Å². The van der Waals surface area contributed by atoms with Crippen molar-refractivity contribution in [2.24, 2.45) is 0 Å². The fourth-order valence-electron chi connectivity index (χ4n) is 1.81. The molecule has 0 spiro atoms. The third-order valence-electron chi connectivity index (χ3n) is 2.91. The fourth-order valence-corrected chi connectivity index (χ4v) is 1.81. The van der Waals surface area contributed by atoms with Crippen LogP contribution in [0.15, 0.2) is 17.1 Å². The van der Waals surface area contributed by atoms with Crippen molar-refractivity contribution < 1.29 is 4.79 Å². The normalized spacial score (nSPS) is 15.6. The van der Waals surface area contributed by atoms with Crippen molar-refractivity contribution in [2.75, 3.05) is 11.9 Å². The Morgan fingerprint density at radius 3 is 3.00 bits per heavy atom. The van der Waals surface area contributed by atoms with Crippen molar-refractivity contribution in [3.8, 4) is 0 Å². The maximum atomic E-state index is 12.0. The highest BCUT2D eigenvalue weighted by molar-refractivity contribution is 5.79. The van der Waals surface area contributed by atoms with E-state index >= 15 is 0 Å². The number of fused-ring (bicyclic) bond motifs is 1. The molecule has 1 unspecified atom stereocenters. The highest BCUT2D eigenvalue weighted by atomic mass is 16.1. The molecule has 0 fully saturated rings. The summed E-state index contributed by atoms with van der Waals surface area (Å²) in [6.45, 7) is 4.05. The molecule has 1 aromatic heterocycles. The van der Waals surface area contributed by atoms with Crippen molar-refractivity contribution in [2.45, 2.75) is 26.3 Å². The van der Waals surface area contributed by atoms with Crippen LogP contribution in [0.2, 0.25) is 0 Å². The number of hydrogen-bond acceptors (Lipinski definition) is 3. The van der Waals surface area contributed by atoms with Crippen LogP contribution in [0.25, 0.3) is 0 Å². The van der Waals surface area contributed by atoms with Crippen molar-refractivity contribution in [1.29, 1.82) is 0 Å². The summed E-state index contributed by atoms with van der Waals surface area (Å²) < 4.78 is 1.49. The van der Waals surface area contributed by atoms with Gasteiger partial charge in [0.2, 0.25) is 0 Å². The molecule has 0 saturated carbocycles. The number of aromatic nitrogens is 1. The molecule has 1 aliphatic heterocycles. The first kappa shape index (κ1) is 9.96. The van der Waals surface area contributed by atoms with Crippen LogP contribution >= 0.6 is 0 Å². The molecule has 2 rings (SSSR count). The summed E-state index contributed by atoms with van der Waals surface area (Å²) in [5.41, 5.74) is 1.62. The van der Waals surface area contributed by atoms with E-state index in [9.17, 15) is 9.59 Å². The molecule has 1 N–H and O–H groups in total. The highest BCUT2D eigenvalue weighted by Crippen LogP contribution is 2.18. The van der Waals surface area contributed by atoms with E-state index in [1.165, 1.54) is 11.5 Å². The van der Waals surface area contributed by atoms with Crippen LogP contribution in [0.1, 0.15) is 25.5 Å². The molecule has 1 atom stereocenters. The number of ketones is 1. The number of carbonyl (C=O) groups excluding carboxylic acids is 1. The maximum Gasteiger partial charge on any atom is 0.274 e. The van der Waals surface area contributed by atoms with Crippen LogP contribution in [-0.4, -0.2) is 16.9 Å². The van der Waals surface area contributed by atoms with Crippen molar-refractivity contribution in [1.82, 2.24) is 4.57 Å². The zero-order valence-corrected chi connectivity index (χ0v) is 8.91. The Kier molecular flexibility index (Phi) is 2.34. The second-order valence-corrected chi connectivity index (χ2v) is 3.89. The zero-order valence-electron chi connectivity index (χ0n) is 8.91. The van der Waals surface area contributed by atoms with Gasteiger partial charge in [0.05, 0.1) is 6.04 Å². The lowest BCUT2D eigenvalue weighted by atomic mass is 10.2. The van der Waals surface area contributed by atoms with Crippen LogP contribution < -0.4 is 10.9 Å². The molecular weight excluding hydrogens is 192 g/mol. The van der Waals surface area contributed by atoms with Gasteiger partial charge >= 0.3 is 0 Å². The van der Waals surface area contributed by atoms with Gasteiger partial charge in [-0.05, 0) is 31.9 Å². The van der Waals surface area contributed by atoms with E-state index in [1.54, 1.807) is 13.1 Å². The number of carbonyl (C=O) groups is 1. The van der Waals surface area contributed by atoms with E-state index in [2.05, 4.69) is 5.32 Å². The number of rotatable bonds is 2. The smallest absolute Gasteiger partial charge is 0.274 e. The number of anilines is 1. The van der Waals surface area contributed by atoms with Crippen molar-refractivity contribution >= 4 is 11.5 Å². The van der Waals surface area contributed by atoms with E-state index in [-0.39, 0.29) is 17.4 Å². The second kappa shape index (κ2) is 3.53. The van der Waals surface area contributed by atoms with Gasteiger partial charge in [-0.1, -0.05) is 0 Å². The van der Waals surface area contributed by atoms with Crippen molar-refractivity contribution in [3.63, 3.8) is 0 Å². The fraction of sp³-hybridized carbons (Fsp3) is 0.455. The van der Waals surface area contributed by atoms with Gasteiger partial charge in [-0.15, -0.1) is 0 Å². The molecule has 2 heterocycles. The monoisotopic (exact) mass is 206 g/mol. The minimum Gasteiger partial charge on any atom is -0.380 e. The van der Waals surface area contributed by atoms with Crippen LogP contribution in [0.5, 0.6) is 0 Å². The summed E-state index contributed by atoms with van der Waals surface area (Å²) in [5, 5.41) is 3.06. The first-order valence-corrected chi connectivity index (χ1v) is 5.09. The molecular formula is C11H14N2O2. The van der Waals surface area contributed by atoms with Gasteiger partial charge in [-0.25, -0.2) is 0 Å². The minimum absolute atomic E-state index is 0.00459. The molecule has 0 radical (unpaired) electrons. The molecule has 0 bridgehead atoms. The average Bonchev–Trinajstić information content (AvgIpc) is 2.66. The second-order valence-electron chi connectivity index (χ2n) is 3.89. The molecule has 1 aliphatic rings. The van der Waals surface area contributed by atoms with Crippen LogP contribution in [0.4, 0.5) is 5.69 Å². The summed E-state index contributed by atoms with van der Waals surface area (Å²) in [6, 6.07) is 1.53. The Hall–Kier alpha value is -1.58. The number of nitrogens with one attached hydrogen (secondary N) is 1. The van der Waals surface area contributed by atoms with Crippen LogP contribution in [0, 0.1) is 0 Å². The summed E-state index contributed by atoms with van der Waals surface area (Å²) >= 11 is 0. The largest absolute Gasteiger partial charge is 0.380 e. The predicted molar refractivity (Wildman–Crippen MR) is 58.3 cm³/mol. The molecule has 0 amide bonds. The molecule has 0 aliphatic carbocycles. The first-order valence-electron chi connectivity index (χ1n) is 5.09. The third kappa shape index (κ3) is 1.56. The van der Waals surface area contributed by atoms with Crippen molar-refractivity contribution in [3.05, 3.63) is 28.2 Å². The molecule has 1 aromatic rings. The van der Waals surface area contributed by atoms with E-state index in [0.717, 1.165) is 18.5 Å². The quantitative estimate of drug-likeness (QED) is 0.784. The molecule has 4 heteroatoms. The van der Waals surface area contributed by atoms with E-state index < -0.39 is 0 Å². The summed E-state index contributed by atoms with van der Waals surface area (Å²) in [5.74, 6) is -0.00459. The summed E-state index contributed by atoms with van der Waals surface area (Å²) in [7, 11) is 0. The Labute approximate surface area is 87.9 Å². The standard InChI is InChI=1S/C11H14N2O2/c1-7(8(2)14)13-6-4-9-3-5-12-10(9)11(13)15/h4,6-7,12H,3,5H2,1-2H3. The lowest BCUT2D eigenvalue weighted by molar-refractivity contribution is -0.119. The summed E-state index contributed by atoms with van der Waals surface area (Å²) in [6.07, 6.45) is 2.60. The van der Waals surface area contributed by atoms with Gasteiger partial charge in [0, 0.05) is 12.7 Å². The highest BCUT2D eigenvalue weighted by Gasteiger charge is 2.18. The number of hydrogen-bond donors (Lipinski definition) is 1. The van der Waals surface area contributed by atoms with E-state index in [1.807, 2.05) is 6.07 Å². The van der Waals surface area contributed by atoms with Crippen LogP contribution in [0.3, 0.4) is 0 Å². The minimum atomic E-state index is -0.384. The van der Waals surface area contributed by atoms with Gasteiger partial charge in [0.15, 0.2) is 5.78 Å². The van der Waals surface area contributed by atoms with Gasteiger partial charge in [-0.3, -0.25) is 9.59 Å². The lowest BCUT2D eigenvalue weighted by Gasteiger charge is -2.13. The molecule has 0 saturated heterocycles. The topological polar surface area (TPSA) is 51.1 Å². The molecule has 0 aromatic carbocycles. The Bertz CT molecular complexity index is 462. The SMILES string of the molecule is CC(=O)C(C)n1ccc2c(c1=O)NCC2. The molecule has 4 nitrogen and oxygen atoms in total. The molecule has 80 valence electrons. The molecule has 15 heavy (non-hydrogen) atoms. The third-order valence-corrected chi connectivity index (χ3v) is 2.91. The number of pyridine rings is 1. The first-order chi connectivity index (χ1) is 7.11. The average molecular weight is 206 g/mol. The van der Waals surface area contributed by atoms with E-state index in [4.69, 9.17) is 0 Å². The summed E-state index contributed by atoms with van der Waals surface area (Å²) in [4.78, 5) is 23.2. The maximum absolute atomic E-state index is 12.0. The zero-order chi connectivity index (χ0) is 11.0. The Morgan fingerprint density at radius 2 is 2.33 bits per heavy atom. The Balaban J connectivity index is 2.52. The number of Topliss-reactive ketones (excluding diaryl/α,β-unsaturated/α-hetero) is 1.